The van der Waals surface area contributed by atoms with Gasteiger partial charge in [-0.2, -0.15) is 10.4 Å². The van der Waals surface area contributed by atoms with Crippen molar-refractivity contribution in [3.05, 3.63) is 83.3 Å². The van der Waals surface area contributed by atoms with E-state index in [2.05, 4.69) is 29.3 Å². The number of hydrogen-bond acceptors (Lipinski definition) is 4. The predicted octanol–water partition coefficient (Wildman–Crippen LogP) is 4.00. The lowest BCUT2D eigenvalue weighted by Gasteiger charge is -2.47. The summed E-state index contributed by atoms with van der Waals surface area (Å²) in [7, 11) is 1.96. The van der Waals surface area contributed by atoms with Gasteiger partial charge in [-0.3, -0.25) is 14.5 Å². The normalized spacial score (nSPS) is 25.1. The lowest BCUT2D eigenvalue weighted by atomic mass is 9.54. The Hall–Kier alpha value is -3.52. The van der Waals surface area contributed by atoms with Gasteiger partial charge in [0.05, 0.1) is 22.4 Å². The summed E-state index contributed by atoms with van der Waals surface area (Å²) in [4.78, 5) is 17.2. The van der Waals surface area contributed by atoms with E-state index < -0.39 is 5.41 Å². The Morgan fingerprint density at radius 3 is 2.70 bits per heavy atom. The Morgan fingerprint density at radius 1 is 1.20 bits per heavy atom. The molecule has 2 aliphatic carbocycles. The van der Waals surface area contributed by atoms with E-state index in [4.69, 9.17) is 5.10 Å². The zero-order chi connectivity index (χ0) is 20.9. The number of carbonyl (C=O) groups excluding carboxylic acids is 1. The number of fused-ring (bicyclic) bond motifs is 3. The summed E-state index contributed by atoms with van der Waals surface area (Å²) in [5, 5.41) is 14.8. The molecule has 3 atom stereocenters. The first kappa shape index (κ1) is 18.5. The third kappa shape index (κ3) is 2.43. The maximum atomic E-state index is 12.9. The number of aryl methyl sites for hydroxylation is 1. The highest BCUT2D eigenvalue weighted by Gasteiger charge is 2.53. The number of ketones is 1. The topological polar surface area (TPSA) is 71.6 Å². The summed E-state index contributed by atoms with van der Waals surface area (Å²) in [5.74, 6) is -0.226. The molecule has 0 fully saturated rings. The molecule has 5 heteroatoms. The lowest BCUT2D eigenvalue weighted by molar-refractivity contribution is -0.121. The Kier molecular flexibility index (Phi) is 4.18. The molecule has 30 heavy (non-hydrogen) atoms. The molecule has 0 N–H and O–H groups in total. The molecule has 2 heterocycles. The van der Waals surface area contributed by atoms with Crippen molar-refractivity contribution in [1.82, 2.24) is 14.8 Å². The number of carbonyl (C=O) groups is 1. The monoisotopic (exact) mass is 394 g/mol. The zero-order valence-electron chi connectivity index (χ0n) is 17.0. The predicted molar refractivity (Wildman–Crippen MR) is 113 cm³/mol. The molecule has 0 unspecified atom stereocenters. The first-order chi connectivity index (χ1) is 14.6. The van der Waals surface area contributed by atoms with E-state index in [1.165, 1.54) is 5.56 Å². The molecule has 0 aliphatic heterocycles. The second-order valence-electron chi connectivity index (χ2n) is 8.24. The summed E-state index contributed by atoms with van der Waals surface area (Å²) in [6, 6.07) is 16.4. The van der Waals surface area contributed by atoms with Crippen molar-refractivity contribution in [3.8, 4) is 17.3 Å². The molecule has 5 rings (SSSR count). The average Bonchev–Trinajstić information content (AvgIpc) is 3.13. The SMILES string of the molecule is C[C@@H]1C(=O)C(C#N)=C[C@]2(c3ccccc3)c3nn(C)c(-c4cccnc4)c3CC[C@@H]12. The van der Waals surface area contributed by atoms with Gasteiger partial charge in [0.25, 0.3) is 0 Å². The number of rotatable bonds is 2. The Balaban J connectivity index is 1.85. The molecular weight excluding hydrogens is 372 g/mol. The summed E-state index contributed by atoms with van der Waals surface area (Å²) >= 11 is 0. The van der Waals surface area contributed by atoms with Crippen molar-refractivity contribution in [2.24, 2.45) is 18.9 Å². The fraction of sp³-hybridized carbons (Fsp3) is 0.280. The van der Waals surface area contributed by atoms with E-state index in [1.807, 2.05) is 55.2 Å². The van der Waals surface area contributed by atoms with E-state index in [0.717, 1.165) is 35.4 Å². The van der Waals surface area contributed by atoms with E-state index in [1.54, 1.807) is 6.20 Å². The molecule has 148 valence electrons. The van der Waals surface area contributed by atoms with Crippen LogP contribution in [0.15, 0.2) is 66.5 Å². The second kappa shape index (κ2) is 6.77. The third-order valence-electron chi connectivity index (χ3n) is 6.79. The number of Topliss-reactive ketones (excluding diaryl/α,β-unsaturated/α-hetero) is 1. The van der Waals surface area contributed by atoms with Gasteiger partial charge in [0.15, 0.2) is 5.78 Å². The van der Waals surface area contributed by atoms with E-state index >= 15 is 0 Å². The minimum absolute atomic E-state index is 0.0547. The number of allylic oxidation sites excluding steroid dienone is 2. The van der Waals surface area contributed by atoms with Gasteiger partial charge < -0.3 is 0 Å². The summed E-state index contributed by atoms with van der Waals surface area (Å²) in [6.07, 6.45) is 7.24. The molecule has 0 spiro atoms. The highest BCUT2D eigenvalue weighted by Crippen LogP contribution is 2.54. The van der Waals surface area contributed by atoms with Crippen molar-refractivity contribution in [1.29, 1.82) is 5.26 Å². The van der Waals surface area contributed by atoms with Gasteiger partial charge in [0.1, 0.15) is 6.07 Å². The highest BCUT2D eigenvalue weighted by molar-refractivity contribution is 6.02. The van der Waals surface area contributed by atoms with Crippen molar-refractivity contribution in [2.75, 3.05) is 0 Å². The maximum absolute atomic E-state index is 12.9. The van der Waals surface area contributed by atoms with Crippen LogP contribution >= 0.6 is 0 Å². The first-order valence-electron chi connectivity index (χ1n) is 10.3. The Bertz CT molecular complexity index is 1200. The number of nitrogens with zero attached hydrogens (tertiary/aromatic N) is 4. The number of nitriles is 1. The zero-order valence-corrected chi connectivity index (χ0v) is 17.0. The minimum Gasteiger partial charge on any atom is -0.293 e. The molecule has 5 nitrogen and oxygen atoms in total. The van der Waals surface area contributed by atoms with Crippen LogP contribution in [0, 0.1) is 23.2 Å². The van der Waals surface area contributed by atoms with Crippen molar-refractivity contribution in [2.45, 2.75) is 25.2 Å². The van der Waals surface area contributed by atoms with Gasteiger partial charge in [0, 0.05) is 36.5 Å². The van der Waals surface area contributed by atoms with Crippen molar-refractivity contribution < 1.29 is 4.79 Å². The van der Waals surface area contributed by atoms with Gasteiger partial charge in [-0.1, -0.05) is 37.3 Å². The van der Waals surface area contributed by atoms with Gasteiger partial charge in [0.2, 0.25) is 0 Å². The second-order valence-corrected chi connectivity index (χ2v) is 8.24. The van der Waals surface area contributed by atoms with Crippen LogP contribution in [0.4, 0.5) is 0 Å². The number of aromatic nitrogens is 3. The van der Waals surface area contributed by atoms with Crippen molar-refractivity contribution in [3.63, 3.8) is 0 Å². The van der Waals surface area contributed by atoms with Crippen LogP contribution in [0.1, 0.15) is 30.2 Å². The Morgan fingerprint density at radius 2 is 2.00 bits per heavy atom. The fourth-order valence-corrected chi connectivity index (χ4v) is 5.49. The van der Waals surface area contributed by atoms with Crippen LogP contribution in [0.3, 0.4) is 0 Å². The minimum atomic E-state index is -0.592. The number of hydrogen-bond donors (Lipinski definition) is 0. The molecule has 2 aromatic heterocycles. The molecular formula is C25H22N4O. The molecule has 0 amide bonds. The molecule has 0 saturated carbocycles. The lowest BCUT2D eigenvalue weighted by Crippen LogP contribution is -2.48. The standard InChI is InChI=1S/C25H22N4O/c1-16-21-11-10-20-22(17-7-6-12-27-15-17)29(2)28-24(20)25(21,13-18(14-26)23(16)30)19-8-4-3-5-9-19/h3-9,12-13,15-16,21H,10-11H2,1-2H3/t16-,21-,25+/m0/s1. The first-order valence-corrected chi connectivity index (χ1v) is 10.3. The number of benzene rings is 1. The fourth-order valence-electron chi connectivity index (χ4n) is 5.49. The van der Waals surface area contributed by atoms with Gasteiger partial charge in [-0.05, 0) is 42.5 Å². The van der Waals surface area contributed by atoms with Gasteiger partial charge in [-0.15, -0.1) is 0 Å². The molecule has 1 aromatic carbocycles. The van der Waals surface area contributed by atoms with Crippen LogP contribution in [-0.2, 0) is 23.7 Å². The average molecular weight is 394 g/mol. The van der Waals surface area contributed by atoms with Crippen molar-refractivity contribution >= 4 is 5.78 Å². The van der Waals surface area contributed by atoms with E-state index in [0.29, 0.717) is 0 Å². The highest BCUT2D eigenvalue weighted by atomic mass is 16.1. The van der Waals surface area contributed by atoms with Crippen LogP contribution in [-0.4, -0.2) is 20.5 Å². The molecule has 0 saturated heterocycles. The summed E-state index contributed by atoms with van der Waals surface area (Å²) in [6.45, 7) is 1.96. The van der Waals surface area contributed by atoms with Gasteiger partial charge in [-0.25, -0.2) is 0 Å². The summed E-state index contributed by atoms with van der Waals surface area (Å²) < 4.78 is 1.93. The number of pyridine rings is 1. The maximum Gasteiger partial charge on any atom is 0.176 e. The van der Waals surface area contributed by atoms with Gasteiger partial charge >= 0.3 is 0 Å². The van der Waals surface area contributed by atoms with E-state index in [9.17, 15) is 10.1 Å². The quantitative estimate of drug-likeness (QED) is 0.659. The molecule has 0 radical (unpaired) electrons. The third-order valence-corrected chi connectivity index (χ3v) is 6.79. The van der Waals surface area contributed by atoms with Crippen LogP contribution in [0.5, 0.6) is 0 Å². The molecule has 3 aromatic rings. The molecule has 2 aliphatic rings. The summed E-state index contributed by atoms with van der Waals surface area (Å²) in [5.41, 5.74) is 4.95. The van der Waals surface area contributed by atoms with Crippen LogP contribution in [0.2, 0.25) is 0 Å². The van der Waals surface area contributed by atoms with E-state index in [-0.39, 0.29) is 23.2 Å². The van der Waals surface area contributed by atoms with Crippen LogP contribution in [0.25, 0.3) is 11.3 Å². The smallest absolute Gasteiger partial charge is 0.176 e. The Labute approximate surface area is 175 Å². The largest absolute Gasteiger partial charge is 0.293 e. The molecule has 0 bridgehead atoms. The van der Waals surface area contributed by atoms with Crippen LogP contribution < -0.4 is 0 Å².